The quantitative estimate of drug-likeness (QED) is 0.0535. The molecule has 1 amide bonds. The van der Waals surface area contributed by atoms with Crippen LogP contribution in [0, 0.1) is 0 Å². The molecule has 354 valence electrons. The highest BCUT2D eigenvalue weighted by atomic mass is 16.3. The standard InChI is InChI=1S/C55H111NO3/c1-3-5-7-9-11-13-15-17-19-21-23-25-27-28-29-31-33-35-37-39-41-43-45-47-49-51-55(59)56-53(52-57)54(58)50-48-46-44-42-40-38-36-34-32-30-26-24-22-20-18-16-14-12-10-8-6-4-2/h53-54,57-58H,3-52H2,1-2H3,(H,56,59). The molecule has 0 rings (SSSR count). The third-order valence-corrected chi connectivity index (χ3v) is 13.4. The zero-order chi connectivity index (χ0) is 42.8. The van der Waals surface area contributed by atoms with Gasteiger partial charge in [0.1, 0.15) is 0 Å². The molecule has 3 N–H and O–H groups in total. The van der Waals surface area contributed by atoms with Crippen molar-refractivity contribution in [3.05, 3.63) is 0 Å². The second kappa shape index (κ2) is 51.7. The van der Waals surface area contributed by atoms with E-state index in [0.717, 1.165) is 25.7 Å². The molecular formula is C55H111NO3. The van der Waals surface area contributed by atoms with Gasteiger partial charge in [0.25, 0.3) is 0 Å². The third kappa shape index (κ3) is 48.3. The van der Waals surface area contributed by atoms with Gasteiger partial charge >= 0.3 is 0 Å². The van der Waals surface area contributed by atoms with Crippen molar-refractivity contribution in [3.8, 4) is 0 Å². The largest absolute Gasteiger partial charge is 0.394 e. The molecule has 0 bridgehead atoms. The fourth-order valence-electron chi connectivity index (χ4n) is 9.13. The van der Waals surface area contributed by atoms with Gasteiger partial charge in [-0.3, -0.25) is 4.79 Å². The number of aliphatic hydroxyl groups is 2. The Bertz CT molecular complexity index is 773. The summed E-state index contributed by atoms with van der Waals surface area (Å²) in [5, 5.41) is 23.3. The summed E-state index contributed by atoms with van der Waals surface area (Å²) in [6.45, 7) is 4.41. The van der Waals surface area contributed by atoms with Gasteiger partial charge in [-0.2, -0.15) is 0 Å². The van der Waals surface area contributed by atoms with E-state index >= 15 is 0 Å². The topological polar surface area (TPSA) is 69.6 Å². The zero-order valence-electron chi connectivity index (χ0n) is 40.8. The van der Waals surface area contributed by atoms with Crippen LogP contribution in [0.4, 0.5) is 0 Å². The molecule has 0 aliphatic heterocycles. The number of hydrogen-bond donors (Lipinski definition) is 3. The summed E-state index contributed by atoms with van der Waals surface area (Å²) in [4.78, 5) is 12.5. The minimum atomic E-state index is -0.655. The first kappa shape index (κ1) is 58.4. The van der Waals surface area contributed by atoms with Crippen LogP contribution in [0.25, 0.3) is 0 Å². The number of amides is 1. The number of hydrogen-bond acceptors (Lipinski definition) is 3. The first-order valence-corrected chi connectivity index (χ1v) is 27.7. The second-order valence-electron chi connectivity index (χ2n) is 19.4. The van der Waals surface area contributed by atoms with E-state index in [-0.39, 0.29) is 12.5 Å². The maximum Gasteiger partial charge on any atom is 0.220 e. The van der Waals surface area contributed by atoms with Crippen LogP contribution in [-0.4, -0.2) is 34.9 Å². The predicted molar refractivity (Wildman–Crippen MR) is 263 cm³/mol. The Balaban J connectivity index is 3.40. The van der Waals surface area contributed by atoms with Crippen molar-refractivity contribution < 1.29 is 15.0 Å². The van der Waals surface area contributed by atoms with E-state index in [9.17, 15) is 15.0 Å². The maximum atomic E-state index is 12.5. The molecule has 0 aromatic rings. The molecule has 0 aliphatic carbocycles. The molecular weight excluding hydrogens is 723 g/mol. The molecule has 0 aromatic carbocycles. The average molecular weight is 834 g/mol. The average Bonchev–Trinajstić information content (AvgIpc) is 3.24. The molecule has 59 heavy (non-hydrogen) atoms. The highest BCUT2D eigenvalue weighted by molar-refractivity contribution is 5.76. The van der Waals surface area contributed by atoms with Crippen LogP contribution in [-0.2, 0) is 4.79 Å². The lowest BCUT2D eigenvalue weighted by Gasteiger charge is -2.22. The number of rotatable bonds is 52. The number of nitrogens with one attached hydrogen (secondary N) is 1. The normalized spacial score (nSPS) is 12.7. The van der Waals surface area contributed by atoms with Gasteiger partial charge in [0.15, 0.2) is 0 Å². The monoisotopic (exact) mass is 834 g/mol. The molecule has 4 nitrogen and oxygen atoms in total. The molecule has 0 aromatic heterocycles. The van der Waals surface area contributed by atoms with E-state index in [1.54, 1.807) is 0 Å². The molecule has 0 fully saturated rings. The van der Waals surface area contributed by atoms with Crippen LogP contribution in [0.1, 0.15) is 328 Å². The lowest BCUT2D eigenvalue weighted by molar-refractivity contribution is -0.123. The Morgan fingerprint density at radius 1 is 0.339 bits per heavy atom. The van der Waals surface area contributed by atoms with E-state index in [0.29, 0.717) is 12.8 Å². The zero-order valence-corrected chi connectivity index (χ0v) is 40.8. The van der Waals surface area contributed by atoms with Crippen LogP contribution in [0.15, 0.2) is 0 Å². The maximum absolute atomic E-state index is 12.5. The fourth-order valence-corrected chi connectivity index (χ4v) is 9.13. The molecule has 0 heterocycles. The molecule has 0 radical (unpaired) electrons. The highest BCUT2D eigenvalue weighted by Gasteiger charge is 2.20. The van der Waals surface area contributed by atoms with Crippen molar-refractivity contribution in [3.63, 3.8) is 0 Å². The fraction of sp³-hybridized carbons (Fsp3) is 0.982. The highest BCUT2D eigenvalue weighted by Crippen LogP contribution is 2.18. The summed E-state index contributed by atoms with van der Waals surface area (Å²) in [5.74, 6) is -0.0220. The van der Waals surface area contributed by atoms with Gasteiger partial charge in [0, 0.05) is 6.42 Å². The number of unbranched alkanes of at least 4 members (excludes halogenated alkanes) is 45. The van der Waals surface area contributed by atoms with Crippen LogP contribution >= 0.6 is 0 Å². The van der Waals surface area contributed by atoms with Crippen LogP contribution in [0.3, 0.4) is 0 Å². The Labute approximate surface area is 372 Å². The molecule has 2 atom stereocenters. The molecule has 0 spiro atoms. The van der Waals surface area contributed by atoms with Gasteiger partial charge in [-0.25, -0.2) is 0 Å². The van der Waals surface area contributed by atoms with Crippen molar-refractivity contribution in [2.75, 3.05) is 6.61 Å². The Hall–Kier alpha value is -0.610. The SMILES string of the molecule is CCCCCCCCCCCCCCCCCCCCCCCCCCCC(=O)NC(CO)C(O)CCCCCCCCCCCCCCCCCCCCCCCC. The number of carbonyl (C=O) groups is 1. The van der Waals surface area contributed by atoms with Crippen molar-refractivity contribution in [1.29, 1.82) is 0 Å². The summed E-state index contributed by atoms with van der Waals surface area (Å²) in [6, 6.07) is -0.531. The molecule has 4 heteroatoms. The Morgan fingerprint density at radius 2 is 0.542 bits per heavy atom. The molecule has 0 saturated carbocycles. The van der Waals surface area contributed by atoms with Crippen molar-refractivity contribution in [1.82, 2.24) is 5.32 Å². The van der Waals surface area contributed by atoms with Gasteiger partial charge in [-0.15, -0.1) is 0 Å². The van der Waals surface area contributed by atoms with Crippen molar-refractivity contribution in [2.24, 2.45) is 0 Å². The lowest BCUT2D eigenvalue weighted by Crippen LogP contribution is -2.45. The number of carbonyl (C=O) groups excluding carboxylic acids is 1. The summed E-state index contributed by atoms with van der Waals surface area (Å²) in [6.07, 6.45) is 65.2. The van der Waals surface area contributed by atoms with E-state index in [4.69, 9.17) is 0 Å². The number of aliphatic hydroxyl groups excluding tert-OH is 2. The minimum absolute atomic E-state index is 0.0220. The van der Waals surface area contributed by atoms with E-state index < -0.39 is 12.1 Å². The van der Waals surface area contributed by atoms with Gasteiger partial charge in [-0.1, -0.05) is 309 Å². The van der Waals surface area contributed by atoms with Gasteiger partial charge in [0.2, 0.25) is 5.91 Å². The summed E-state index contributed by atoms with van der Waals surface area (Å²) < 4.78 is 0. The molecule has 0 aliphatic rings. The van der Waals surface area contributed by atoms with Gasteiger partial charge in [-0.05, 0) is 12.8 Å². The molecule has 2 unspecified atom stereocenters. The lowest BCUT2D eigenvalue weighted by atomic mass is 10.0. The first-order valence-electron chi connectivity index (χ1n) is 27.7. The van der Waals surface area contributed by atoms with Crippen molar-refractivity contribution >= 4 is 5.91 Å². The molecule has 0 saturated heterocycles. The summed E-state index contributed by atoms with van der Waals surface area (Å²) >= 11 is 0. The predicted octanol–water partition coefficient (Wildman–Crippen LogP) is 18.0. The van der Waals surface area contributed by atoms with Crippen molar-refractivity contribution in [2.45, 2.75) is 341 Å². The van der Waals surface area contributed by atoms with Gasteiger partial charge in [0.05, 0.1) is 18.8 Å². The second-order valence-corrected chi connectivity index (χ2v) is 19.4. The Kier molecular flexibility index (Phi) is 51.2. The first-order chi connectivity index (χ1) is 29.2. The van der Waals surface area contributed by atoms with E-state index in [2.05, 4.69) is 19.2 Å². The summed E-state index contributed by atoms with van der Waals surface area (Å²) in [5.41, 5.74) is 0. The smallest absolute Gasteiger partial charge is 0.220 e. The van der Waals surface area contributed by atoms with Crippen LogP contribution in [0.5, 0.6) is 0 Å². The minimum Gasteiger partial charge on any atom is -0.394 e. The van der Waals surface area contributed by atoms with Crippen LogP contribution < -0.4 is 5.32 Å². The van der Waals surface area contributed by atoms with E-state index in [1.165, 1.54) is 276 Å². The van der Waals surface area contributed by atoms with Gasteiger partial charge < -0.3 is 15.5 Å². The van der Waals surface area contributed by atoms with Crippen LogP contribution in [0.2, 0.25) is 0 Å². The summed E-state index contributed by atoms with van der Waals surface area (Å²) in [7, 11) is 0. The Morgan fingerprint density at radius 3 is 0.763 bits per heavy atom. The van der Waals surface area contributed by atoms with E-state index in [1.807, 2.05) is 0 Å². The third-order valence-electron chi connectivity index (χ3n) is 13.4.